The largest absolute Gasteiger partial charge is 0.394 e. The Morgan fingerprint density at radius 3 is 2.29 bits per heavy atom. The van der Waals surface area contributed by atoms with E-state index in [4.69, 9.17) is 5.11 Å². The first-order chi connectivity index (χ1) is 8.08. The van der Waals surface area contributed by atoms with Gasteiger partial charge in [0.25, 0.3) is 5.91 Å². The average molecular weight is 235 g/mol. The number of rotatable bonds is 5. The normalized spacial score (nSPS) is 11.9. The first-order valence-corrected chi connectivity index (χ1v) is 5.59. The lowest BCUT2D eigenvalue weighted by Gasteiger charge is -2.13. The Kier molecular flexibility index (Phi) is 4.84. The van der Waals surface area contributed by atoms with Crippen LogP contribution in [0.2, 0.25) is 0 Å². The maximum Gasteiger partial charge on any atom is 0.251 e. The zero-order valence-corrected chi connectivity index (χ0v) is 10.1. The molecule has 0 saturated carbocycles. The molecule has 92 valence electrons. The molecule has 1 unspecified atom stereocenters. The van der Waals surface area contributed by atoms with E-state index in [9.17, 15) is 9.59 Å². The van der Waals surface area contributed by atoms with E-state index in [-0.39, 0.29) is 18.3 Å². The van der Waals surface area contributed by atoms with Crippen LogP contribution < -0.4 is 5.32 Å². The monoisotopic (exact) mass is 235 g/mol. The third kappa shape index (κ3) is 3.67. The molecule has 4 nitrogen and oxygen atoms in total. The van der Waals surface area contributed by atoms with Crippen molar-refractivity contribution >= 4 is 11.7 Å². The summed E-state index contributed by atoms with van der Waals surface area (Å²) in [5, 5.41) is 11.4. The molecule has 0 spiro atoms. The van der Waals surface area contributed by atoms with Crippen molar-refractivity contribution < 1.29 is 14.7 Å². The number of ketones is 1. The molecule has 17 heavy (non-hydrogen) atoms. The summed E-state index contributed by atoms with van der Waals surface area (Å²) in [5.41, 5.74) is 1.63. The molecule has 0 radical (unpaired) electrons. The van der Waals surface area contributed by atoms with Crippen LogP contribution in [0.15, 0.2) is 24.3 Å². The molecule has 4 heteroatoms. The van der Waals surface area contributed by atoms with Gasteiger partial charge < -0.3 is 10.4 Å². The van der Waals surface area contributed by atoms with Gasteiger partial charge in [-0.15, -0.1) is 0 Å². The third-order valence-electron chi connectivity index (χ3n) is 2.60. The van der Waals surface area contributed by atoms with E-state index < -0.39 is 6.04 Å². The lowest BCUT2D eigenvalue weighted by atomic mass is 10.1. The van der Waals surface area contributed by atoms with Gasteiger partial charge in [-0.3, -0.25) is 9.59 Å². The number of aliphatic hydroxyl groups excluding tert-OH is 1. The van der Waals surface area contributed by atoms with Crippen molar-refractivity contribution in [1.82, 2.24) is 5.32 Å². The lowest BCUT2D eigenvalue weighted by molar-refractivity contribution is -0.119. The van der Waals surface area contributed by atoms with E-state index in [1.807, 2.05) is 19.1 Å². The number of hydrogen-bond acceptors (Lipinski definition) is 3. The van der Waals surface area contributed by atoms with Crippen LogP contribution in [-0.4, -0.2) is 29.4 Å². The van der Waals surface area contributed by atoms with Crippen LogP contribution in [0.25, 0.3) is 0 Å². The molecule has 1 aromatic rings. The average Bonchev–Trinajstić information content (AvgIpc) is 2.35. The van der Waals surface area contributed by atoms with E-state index in [0.717, 1.165) is 12.0 Å². The van der Waals surface area contributed by atoms with E-state index in [2.05, 4.69) is 5.32 Å². The number of nitrogens with one attached hydrogen (secondary N) is 1. The summed E-state index contributed by atoms with van der Waals surface area (Å²) in [4.78, 5) is 22.8. The van der Waals surface area contributed by atoms with Crippen LogP contribution in [0.3, 0.4) is 0 Å². The van der Waals surface area contributed by atoms with Crippen molar-refractivity contribution in [1.29, 1.82) is 0 Å². The molecule has 0 saturated heterocycles. The Bertz CT molecular complexity index is 398. The predicted molar refractivity (Wildman–Crippen MR) is 64.8 cm³/mol. The predicted octanol–water partition coefficient (Wildman–Crippen LogP) is 0.929. The lowest BCUT2D eigenvalue weighted by Crippen LogP contribution is -2.42. The summed E-state index contributed by atoms with van der Waals surface area (Å²) < 4.78 is 0. The molecule has 1 amide bonds. The first-order valence-electron chi connectivity index (χ1n) is 5.59. The van der Waals surface area contributed by atoms with Crippen LogP contribution in [0.1, 0.15) is 29.8 Å². The van der Waals surface area contributed by atoms with Crippen LogP contribution in [0, 0.1) is 0 Å². The highest BCUT2D eigenvalue weighted by Gasteiger charge is 2.16. The van der Waals surface area contributed by atoms with Crippen molar-refractivity contribution in [2.45, 2.75) is 26.3 Å². The number of carbonyl (C=O) groups is 2. The Balaban J connectivity index is 2.72. The molecule has 1 rings (SSSR count). The highest BCUT2D eigenvalue weighted by Crippen LogP contribution is 2.05. The molecule has 1 atom stereocenters. The van der Waals surface area contributed by atoms with Crippen LogP contribution in [0.4, 0.5) is 0 Å². The van der Waals surface area contributed by atoms with Gasteiger partial charge in [0, 0.05) is 5.56 Å². The molecule has 2 N–H and O–H groups in total. The Morgan fingerprint density at radius 1 is 1.29 bits per heavy atom. The number of Topliss-reactive ketones (excluding diaryl/α,β-unsaturated/α-hetero) is 1. The van der Waals surface area contributed by atoms with Crippen LogP contribution >= 0.6 is 0 Å². The third-order valence-corrected chi connectivity index (χ3v) is 2.60. The standard InChI is InChI=1S/C13H17NO3/c1-3-10-4-6-11(7-5-10)13(17)14-12(8-15)9(2)16/h4-7,12,15H,3,8H2,1-2H3,(H,14,17). The second kappa shape index (κ2) is 6.15. The maximum atomic E-state index is 11.7. The highest BCUT2D eigenvalue weighted by molar-refractivity contribution is 5.97. The number of aliphatic hydroxyl groups is 1. The van der Waals surface area contributed by atoms with E-state index in [1.165, 1.54) is 6.92 Å². The zero-order valence-electron chi connectivity index (χ0n) is 10.1. The summed E-state index contributed by atoms with van der Waals surface area (Å²) in [6.07, 6.45) is 0.911. The SMILES string of the molecule is CCc1ccc(C(=O)NC(CO)C(C)=O)cc1. The molecular weight excluding hydrogens is 218 g/mol. The summed E-state index contributed by atoms with van der Waals surface area (Å²) in [6.45, 7) is 2.99. The Morgan fingerprint density at radius 2 is 1.88 bits per heavy atom. The van der Waals surface area contributed by atoms with E-state index >= 15 is 0 Å². The summed E-state index contributed by atoms with van der Waals surface area (Å²) in [5.74, 6) is -0.604. The zero-order chi connectivity index (χ0) is 12.8. The fourth-order valence-corrected chi connectivity index (χ4v) is 1.41. The molecule has 0 aliphatic rings. The number of amides is 1. The minimum Gasteiger partial charge on any atom is -0.394 e. The van der Waals surface area contributed by atoms with Crippen molar-refractivity contribution in [2.75, 3.05) is 6.61 Å². The molecule has 0 fully saturated rings. The van der Waals surface area contributed by atoms with Gasteiger partial charge in [0.2, 0.25) is 0 Å². The molecule has 0 bridgehead atoms. The number of aryl methyl sites for hydroxylation is 1. The number of carbonyl (C=O) groups excluding carboxylic acids is 2. The molecular formula is C13H17NO3. The van der Waals surface area contributed by atoms with Gasteiger partial charge in [0.05, 0.1) is 6.61 Å². The minimum absolute atomic E-state index is 0.258. The molecule has 0 aromatic heterocycles. The number of hydrogen-bond donors (Lipinski definition) is 2. The fourth-order valence-electron chi connectivity index (χ4n) is 1.41. The van der Waals surface area contributed by atoms with Gasteiger partial charge in [-0.05, 0) is 31.0 Å². The topological polar surface area (TPSA) is 66.4 Å². The Hall–Kier alpha value is -1.68. The summed E-state index contributed by atoms with van der Waals surface area (Å²) in [6, 6.07) is 6.34. The van der Waals surface area contributed by atoms with Crippen molar-refractivity contribution in [3.05, 3.63) is 35.4 Å². The van der Waals surface area contributed by atoms with Crippen LogP contribution in [0.5, 0.6) is 0 Å². The molecule has 0 aliphatic heterocycles. The smallest absolute Gasteiger partial charge is 0.251 e. The van der Waals surface area contributed by atoms with Gasteiger partial charge in [-0.1, -0.05) is 19.1 Å². The minimum atomic E-state index is -0.826. The van der Waals surface area contributed by atoms with E-state index in [1.54, 1.807) is 12.1 Å². The maximum absolute atomic E-state index is 11.7. The van der Waals surface area contributed by atoms with Gasteiger partial charge in [0.1, 0.15) is 6.04 Å². The van der Waals surface area contributed by atoms with Gasteiger partial charge in [-0.2, -0.15) is 0 Å². The second-order valence-electron chi connectivity index (χ2n) is 3.87. The molecule has 0 heterocycles. The summed E-state index contributed by atoms with van der Waals surface area (Å²) in [7, 11) is 0. The van der Waals surface area contributed by atoms with Gasteiger partial charge in [0.15, 0.2) is 5.78 Å². The fraction of sp³-hybridized carbons (Fsp3) is 0.385. The summed E-state index contributed by atoms with van der Waals surface area (Å²) >= 11 is 0. The first kappa shape index (κ1) is 13.4. The molecule has 1 aromatic carbocycles. The Labute approximate surface area is 101 Å². The van der Waals surface area contributed by atoms with Crippen molar-refractivity contribution in [3.63, 3.8) is 0 Å². The number of benzene rings is 1. The second-order valence-corrected chi connectivity index (χ2v) is 3.87. The van der Waals surface area contributed by atoms with Crippen molar-refractivity contribution in [2.24, 2.45) is 0 Å². The quantitative estimate of drug-likeness (QED) is 0.797. The van der Waals surface area contributed by atoms with Crippen molar-refractivity contribution in [3.8, 4) is 0 Å². The van der Waals surface area contributed by atoms with Crippen LogP contribution in [-0.2, 0) is 11.2 Å². The highest BCUT2D eigenvalue weighted by atomic mass is 16.3. The van der Waals surface area contributed by atoms with Gasteiger partial charge in [-0.25, -0.2) is 0 Å². The van der Waals surface area contributed by atoms with Gasteiger partial charge >= 0.3 is 0 Å². The molecule has 0 aliphatic carbocycles. The van der Waals surface area contributed by atoms with E-state index in [0.29, 0.717) is 5.56 Å².